The van der Waals surface area contributed by atoms with E-state index in [2.05, 4.69) is 38.8 Å². The fourth-order valence-corrected chi connectivity index (χ4v) is 3.30. The molecule has 106 valence electrons. The van der Waals surface area contributed by atoms with Crippen molar-refractivity contribution in [2.45, 2.75) is 44.6 Å². The minimum absolute atomic E-state index is 0.565. The molecule has 3 nitrogen and oxygen atoms in total. The molecule has 1 aliphatic rings. The zero-order valence-electron chi connectivity index (χ0n) is 11.6. The van der Waals surface area contributed by atoms with Crippen LogP contribution in [-0.2, 0) is 6.42 Å². The minimum Gasteiger partial charge on any atom is -0.389 e. The highest BCUT2D eigenvalue weighted by atomic mass is 79.9. The molecule has 0 spiro atoms. The van der Waals surface area contributed by atoms with Crippen LogP contribution in [0.15, 0.2) is 22.9 Å². The summed E-state index contributed by atoms with van der Waals surface area (Å²) < 4.78 is 0.981. The van der Waals surface area contributed by atoms with Crippen molar-refractivity contribution in [2.24, 2.45) is 0 Å². The lowest BCUT2D eigenvalue weighted by Crippen LogP contribution is -2.33. The van der Waals surface area contributed by atoms with E-state index in [0.717, 1.165) is 48.9 Å². The third-order valence-electron chi connectivity index (χ3n) is 3.84. The highest BCUT2D eigenvalue weighted by Gasteiger charge is 2.30. The van der Waals surface area contributed by atoms with Crippen LogP contribution >= 0.6 is 15.9 Å². The van der Waals surface area contributed by atoms with E-state index in [1.54, 1.807) is 6.20 Å². The first-order valence-electron chi connectivity index (χ1n) is 7.15. The normalized spacial score (nSPS) is 25.2. The summed E-state index contributed by atoms with van der Waals surface area (Å²) in [7, 11) is 0. The molecule has 0 amide bonds. The van der Waals surface area contributed by atoms with Crippen LogP contribution in [-0.4, -0.2) is 40.2 Å². The number of likely N-dealkylation sites (tertiary alicyclic amines) is 1. The molecule has 1 saturated heterocycles. The fraction of sp³-hybridized carbons (Fsp3) is 0.667. The van der Waals surface area contributed by atoms with Gasteiger partial charge >= 0.3 is 0 Å². The number of hydrogen-bond acceptors (Lipinski definition) is 3. The van der Waals surface area contributed by atoms with Crippen LogP contribution in [0.3, 0.4) is 0 Å². The first kappa shape index (κ1) is 14.9. The second-order valence-corrected chi connectivity index (χ2v) is 6.52. The molecule has 2 rings (SSSR count). The monoisotopic (exact) mass is 326 g/mol. The van der Waals surface area contributed by atoms with Crippen molar-refractivity contribution < 1.29 is 5.11 Å². The molecule has 1 aliphatic heterocycles. The number of aliphatic hydroxyl groups is 1. The van der Waals surface area contributed by atoms with Crippen molar-refractivity contribution >= 4 is 15.9 Å². The molecule has 1 unspecified atom stereocenters. The van der Waals surface area contributed by atoms with Crippen LogP contribution in [0.4, 0.5) is 0 Å². The van der Waals surface area contributed by atoms with E-state index in [-0.39, 0.29) is 0 Å². The molecule has 0 aromatic carbocycles. The summed E-state index contributed by atoms with van der Waals surface area (Å²) in [6.45, 7) is 5.48. The maximum atomic E-state index is 10.8. The Morgan fingerprint density at radius 2 is 2.21 bits per heavy atom. The molecular formula is C15H23BrN2O. The summed E-state index contributed by atoms with van der Waals surface area (Å²) in [5.41, 5.74) is 0.547. The van der Waals surface area contributed by atoms with Gasteiger partial charge in [0.1, 0.15) is 0 Å². The molecule has 0 radical (unpaired) electrons. The Hall–Kier alpha value is -0.450. The average molecular weight is 327 g/mol. The van der Waals surface area contributed by atoms with Crippen molar-refractivity contribution in [3.8, 4) is 0 Å². The maximum absolute atomic E-state index is 10.8. The molecular weight excluding hydrogens is 304 g/mol. The van der Waals surface area contributed by atoms with Gasteiger partial charge in [-0.1, -0.05) is 6.92 Å². The van der Waals surface area contributed by atoms with Gasteiger partial charge in [-0.25, -0.2) is 0 Å². The van der Waals surface area contributed by atoms with Gasteiger partial charge in [-0.2, -0.15) is 0 Å². The molecule has 4 heteroatoms. The van der Waals surface area contributed by atoms with E-state index in [9.17, 15) is 5.11 Å². The van der Waals surface area contributed by atoms with Gasteiger partial charge in [0, 0.05) is 29.8 Å². The van der Waals surface area contributed by atoms with Gasteiger partial charge in [-0.3, -0.25) is 4.98 Å². The van der Waals surface area contributed by atoms with Crippen molar-refractivity contribution in [3.05, 3.63) is 28.5 Å². The lowest BCUT2D eigenvalue weighted by molar-refractivity contribution is 0.0256. The molecule has 1 atom stereocenters. The number of aromatic nitrogens is 1. The summed E-state index contributed by atoms with van der Waals surface area (Å²) >= 11 is 3.44. The molecule has 0 bridgehead atoms. The highest BCUT2D eigenvalue weighted by Crippen LogP contribution is 2.27. The Bertz CT molecular complexity index is 413. The van der Waals surface area contributed by atoms with Crippen LogP contribution in [0.5, 0.6) is 0 Å². The van der Waals surface area contributed by atoms with Gasteiger partial charge in [-0.15, -0.1) is 0 Å². The lowest BCUT2D eigenvalue weighted by atomic mass is 9.88. The van der Waals surface area contributed by atoms with Crippen molar-refractivity contribution in [2.75, 3.05) is 19.6 Å². The summed E-state index contributed by atoms with van der Waals surface area (Å²) in [6, 6.07) is 2.06. The number of rotatable bonds is 4. The van der Waals surface area contributed by atoms with Gasteiger partial charge in [0.05, 0.1) is 5.60 Å². The fourth-order valence-electron chi connectivity index (χ4n) is 2.88. The Kier molecular flexibility index (Phi) is 5.37. The molecule has 0 saturated carbocycles. The number of halogens is 1. The second-order valence-electron chi connectivity index (χ2n) is 5.61. The van der Waals surface area contributed by atoms with Gasteiger partial charge in [-0.05, 0) is 66.3 Å². The minimum atomic E-state index is -0.565. The van der Waals surface area contributed by atoms with Gasteiger partial charge < -0.3 is 10.0 Å². The summed E-state index contributed by atoms with van der Waals surface area (Å²) in [4.78, 5) is 6.65. The largest absolute Gasteiger partial charge is 0.389 e. The van der Waals surface area contributed by atoms with Crippen molar-refractivity contribution in [1.82, 2.24) is 9.88 Å². The summed E-state index contributed by atoms with van der Waals surface area (Å²) in [5, 5.41) is 10.8. The molecule has 1 aromatic heterocycles. The first-order valence-corrected chi connectivity index (χ1v) is 7.95. The zero-order valence-corrected chi connectivity index (χ0v) is 13.2. The molecule has 1 fully saturated rings. The Morgan fingerprint density at radius 3 is 2.95 bits per heavy atom. The van der Waals surface area contributed by atoms with Crippen LogP contribution in [0.2, 0.25) is 0 Å². The third kappa shape index (κ3) is 4.55. The van der Waals surface area contributed by atoms with E-state index in [0.29, 0.717) is 6.42 Å². The quantitative estimate of drug-likeness (QED) is 0.923. The van der Waals surface area contributed by atoms with Crippen molar-refractivity contribution in [3.63, 3.8) is 0 Å². The average Bonchev–Trinajstić information content (AvgIpc) is 2.53. The predicted octanol–water partition coefficient (Wildman–Crippen LogP) is 3.01. The molecule has 19 heavy (non-hydrogen) atoms. The number of nitrogens with zero attached hydrogens (tertiary/aromatic N) is 2. The number of hydrogen-bond donors (Lipinski definition) is 1. The standard InChI is InChI=1S/C15H23BrN2O/c1-2-6-18-7-3-4-15(19,5-8-18)10-13-9-14(16)12-17-11-13/h9,11-12,19H,2-8,10H2,1H3. The highest BCUT2D eigenvalue weighted by molar-refractivity contribution is 9.10. The van der Waals surface area contributed by atoms with E-state index in [1.165, 1.54) is 6.42 Å². The topological polar surface area (TPSA) is 36.4 Å². The first-order chi connectivity index (χ1) is 9.11. The second kappa shape index (κ2) is 6.82. The lowest BCUT2D eigenvalue weighted by Gasteiger charge is -2.27. The van der Waals surface area contributed by atoms with Gasteiger partial charge in [0.2, 0.25) is 0 Å². The molecule has 0 aliphatic carbocycles. The molecule has 1 aromatic rings. The van der Waals surface area contributed by atoms with E-state index < -0.39 is 5.60 Å². The molecule has 2 heterocycles. The van der Waals surface area contributed by atoms with Gasteiger partial charge in [0.15, 0.2) is 0 Å². The zero-order chi connectivity index (χ0) is 13.7. The Balaban J connectivity index is 1.98. The smallest absolute Gasteiger partial charge is 0.0701 e. The van der Waals surface area contributed by atoms with Gasteiger partial charge in [0.25, 0.3) is 0 Å². The van der Waals surface area contributed by atoms with Crippen molar-refractivity contribution in [1.29, 1.82) is 0 Å². The summed E-state index contributed by atoms with van der Waals surface area (Å²) in [5.74, 6) is 0. The molecule has 1 N–H and O–H groups in total. The van der Waals surface area contributed by atoms with E-state index in [1.807, 2.05) is 6.20 Å². The predicted molar refractivity (Wildman–Crippen MR) is 81.2 cm³/mol. The maximum Gasteiger partial charge on any atom is 0.0701 e. The van der Waals surface area contributed by atoms with Crippen LogP contribution in [0, 0.1) is 0 Å². The van der Waals surface area contributed by atoms with E-state index >= 15 is 0 Å². The Morgan fingerprint density at radius 1 is 1.37 bits per heavy atom. The Labute approximate surface area is 124 Å². The van der Waals surface area contributed by atoms with E-state index in [4.69, 9.17) is 0 Å². The van der Waals surface area contributed by atoms with Crippen LogP contribution < -0.4 is 0 Å². The SMILES string of the molecule is CCCN1CCCC(O)(Cc2cncc(Br)c2)CC1. The number of pyridine rings is 1. The third-order valence-corrected chi connectivity index (χ3v) is 4.28. The van der Waals surface area contributed by atoms with Crippen LogP contribution in [0.1, 0.15) is 38.2 Å². The summed E-state index contributed by atoms with van der Waals surface area (Å²) in [6.07, 6.45) is 8.37. The van der Waals surface area contributed by atoms with Crippen LogP contribution in [0.25, 0.3) is 0 Å².